The first kappa shape index (κ1) is 13.3. The summed E-state index contributed by atoms with van der Waals surface area (Å²) in [5.41, 5.74) is 7.29. The Morgan fingerprint density at radius 1 is 1.44 bits per heavy atom. The van der Waals surface area contributed by atoms with Gasteiger partial charge in [-0.3, -0.25) is 0 Å². The Labute approximate surface area is 108 Å². The maximum absolute atomic E-state index is 10.2. The van der Waals surface area contributed by atoms with Crippen molar-refractivity contribution in [3.8, 4) is 0 Å². The van der Waals surface area contributed by atoms with E-state index in [0.717, 1.165) is 37.4 Å². The Balaban J connectivity index is 1.84. The van der Waals surface area contributed by atoms with Crippen LogP contribution in [0.1, 0.15) is 18.1 Å². The van der Waals surface area contributed by atoms with Gasteiger partial charge in [-0.2, -0.15) is 0 Å². The Morgan fingerprint density at radius 3 is 2.83 bits per heavy atom. The van der Waals surface area contributed by atoms with Gasteiger partial charge in [-0.15, -0.1) is 0 Å². The molecule has 1 heterocycles. The summed E-state index contributed by atoms with van der Waals surface area (Å²) in [6.07, 6.45) is 0.717. The lowest BCUT2D eigenvalue weighted by molar-refractivity contribution is 0.115. The van der Waals surface area contributed by atoms with Crippen LogP contribution in [0, 0.1) is 5.92 Å². The highest BCUT2D eigenvalue weighted by atomic mass is 16.5. The molecule has 1 saturated heterocycles. The predicted molar refractivity (Wildman–Crippen MR) is 72.2 cm³/mol. The summed E-state index contributed by atoms with van der Waals surface area (Å²) in [5, 5.41) is 10.2. The molecule has 18 heavy (non-hydrogen) atoms. The Morgan fingerprint density at radius 2 is 2.17 bits per heavy atom. The molecular formula is C14H22N2O2. The fraction of sp³-hybridized carbons (Fsp3) is 0.571. The standard InChI is InChI=1S/C14H22N2O2/c1-18-10-11-6-7-16(8-11)9-14(17)12-2-4-13(15)5-3-12/h2-5,11,14,17H,6-10,15H2,1H3. The van der Waals surface area contributed by atoms with Crippen LogP contribution in [0.3, 0.4) is 0 Å². The second-order valence-electron chi connectivity index (χ2n) is 5.05. The Hall–Kier alpha value is -1.10. The molecule has 0 bridgehead atoms. The Kier molecular flexibility index (Phi) is 4.58. The smallest absolute Gasteiger partial charge is 0.0916 e. The highest BCUT2D eigenvalue weighted by molar-refractivity contribution is 5.39. The molecule has 2 unspecified atom stereocenters. The fourth-order valence-corrected chi connectivity index (χ4v) is 2.52. The van der Waals surface area contributed by atoms with Crippen molar-refractivity contribution in [1.82, 2.24) is 4.90 Å². The number of aliphatic hydroxyl groups excluding tert-OH is 1. The first-order chi connectivity index (χ1) is 8.69. The van der Waals surface area contributed by atoms with Crippen LogP contribution in [-0.4, -0.2) is 43.4 Å². The zero-order valence-corrected chi connectivity index (χ0v) is 10.9. The van der Waals surface area contributed by atoms with Crippen LogP contribution in [-0.2, 0) is 4.74 Å². The molecule has 0 aromatic heterocycles. The molecule has 1 fully saturated rings. The zero-order valence-electron chi connectivity index (χ0n) is 10.9. The van der Waals surface area contributed by atoms with Crippen LogP contribution in [0.2, 0.25) is 0 Å². The van der Waals surface area contributed by atoms with E-state index in [9.17, 15) is 5.11 Å². The number of rotatable bonds is 5. The summed E-state index contributed by atoms with van der Waals surface area (Å²) < 4.78 is 5.17. The van der Waals surface area contributed by atoms with Crippen molar-refractivity contribution in [3.63, 3.8) is 0 Å². The van der Waals surface area contributed by atoms with E-state index < -0.39 is 6.10 Å². The van der Waals surface area contributed by atoms with Crippen molar-refractivity contribution in [2.24, 2.45) is 5.92 Å². The van der Waals surface area contributed by atoms with Gasteiger partial charge >= 0.3 is 0 Å². The lowest BCUT2D eigenvalue weighted by Gasteiger charge is -2.20. The monoisotopic (exact) mass is 250 g/mol. The van der Waals surface area contributed by atoms with Gasteiger partial charge in [-0.1, -0.05) is 12.1 Å². The highest BCUT2D eigenvalue weighted by Gasteiger charge is 2.24. The van der Waals surface area contributed by atoms with Crippen molar-refractivity contribution in [2.75, 3.05) is 39.1 Å². The third kappa shape index (κ3) is 3.45. The summed E-state index contributed by atoms with van der Waals surface area (Å²) in [6, 6.07) is 7.44. The van der Waals surface area contributed by atoms with E-state index in [1.165, 1.54) is 0 Å². The van der Waals surface area contributed by atoms with Gasteiger partial charge in [0.2, 0.25) is 0 Å². The second-order valence-corrected chi connectivity index (χ2v) is 5.05. The third-order valence-corrected chi connectivity index (χ3v) is 3.52. The normalized spacial score (nSPS) is 22.2. The minimum Gasteiger partial charge on any atom is -0.399 e. The van der Waals surface area contributed by atoms with Crippen molar-refractivity contribution >= 4 is 5.69 Å². The Bertz CT molecular complexity index is 367. The fourth-order valence-electron chi connectivity index (χ4n) is 2.52. The molecule has 0 amide bonds. The SMILES string of the molecule is COCC1CCN(CC(O)c2ccc(N)cc2)C1. The maximum Gasteiger partial charge on any atom is 0.0916 e. The number of nitrogen functional groups attached to an aromatic ring is 1. The van der Waals surface area contributed by atoms with Gasteiger partial charge in [-0.05, 0) is 36.6 Å². The van der Waals surface area contributed by atoms with E-state index in [1.807, 2.05) is 24.3 Å². The number of ether oxygens (including phenoxy) is 1. The van der Waals surface area contributed by atoms with E-state index in [1.54, 1.807) is 7.11 Å². The molecule has 2 rings (SSSR count). The summed E-state index contributed by atoms with van der Waals surface area (Å²) in [6.45, 7) is 3.55. The molecule has 0 aliphatic carbocycles. The van der Waals surface area contributed by atoms with Gasteiger partial charge < -0.3 is 20.5 Å². The van der Waals surface area contributed by atoms with Gasteiger partial charge in [0.15, 0.2) is 0 Å². The number of methoxy groups -OCH3 is 1. The van der Waals surface area contributed by atoms with Crippen LogP contribution in [0.25, 0.3) is 0 Å². The van der Waals surface area contributed by atoms with Crippen LogP contribution in [0.5, 0.6) is 0 Å². The van der Waals surface area contributed by atoms with Crippen molar-refractivity contribution in [3.05, 3.63) is 29.8 Å². The topological polar surface area (TPSA) is 58.7 Å². The molecule has 0 spiro atoms. The van der Waals surface area contributed by atoms with Crippen LogP contribution >= 0.6 is 0 Å². The van der Waals surface area contributed by atoms with Gasteiger partial charge in [-0.25, -0.2) is 0 Å². The van der Waals surface area contributed by atoms with E-state index in [4.69, 9.17) is 10.5 Å². The molecule has 1 aliphatic heterocycles. The number of hydrogen-bond donors (Lipinski definition) is 2. The number of benzene rings is 1. The van der Waals surface area contributed by atoms with Crippen LogP contribution in [0.15, 0.2) is 24.3 Å². The van der Waals surface area contributed by atoms with Crippen LogP contribution < -0.4 is 5.73 Å². The number of likely N-dealkylation sites (tertiary alicyclic amines) is 1. The molecular weight excluding hydrogens is 228 g/mol. The lowest BCUT2D eigenvalue weighted by Crippen LogP contribution is -2.27. The molecule has 0 saturated carbocycles. The van der Waals surface area contributed by atoms with E-state index in [-0.39, 0.29) is 0 Å². The van der Waals surface area contributed by atoms with Gasteiger partial charge in [0, 0.05) is 25.9 Å². The van der Waals surface area contributed by atoms with E-state index in [2.05, 4.69) is 4.90 Å². The van der Waals surface area contributed by atoms with Crippen molar-refractivity contribution < 1.29 is 9.84 Å². The highest BCUT2D eigenvalue weighted by Crippen LogP contribution is 2.21. The third-order valence-electron chi connectivity index (χ3n) is 3.52. The average molecular weight is 250 g/mol. The summed E-state index contributed by atoms with van der Waals surface area (Å²) in [7, 11) is 1.74. The molecule has 4 nitrogen and oxygen atoms in total. The molecule has 1 aliphatic rings. The average Bonchev–Trinajstić information content (AvgIpc) is 2.78. The molecule has 100 valence electrons. The molecule has 4 heteroatoms. The number of aliphatic hydroxyl groups is 1. The lowest BCUT2D eigenvalue weighted by atomic mass is 10.1. The minimum absolute atomic E-state index is 0.438. The van der Waals surface area contributed by atoms with Crippen molar-refractivity contribution in [2.45, 2.75) is 12.5 Å². The number of nitrogens with two attached hydrogens (primary N) is 1. The molecule has 3 N–H and O–H groups in total. The zero-order chi connectivity index (χ0) is 13.0. The quantitative estimate of drug-likeness (QED) is 0.773. The summed E-state index contributed by atoms with van der Waals surface area (Å²) in [5.74, 6) is 0.605. The van der Waals surface area contributed by atoms with Gasteiger partial charge in [0.25, 0.3) is 0 Å². The number of β-amino-alcohol motifs (C(OH)–C–C–N with tert-alkyl or cyclic N) is 1. The van der Waals surface area contributed by atoms with Gasteiger partial charge in [0.1, 0.15) is 0 Å². The van der Waals surface area contributed by atoms with Crippen molar-refractivity contribution in [1.29, 1.82) is 0 Å². The number of anilines is 1. The number of nitrogens with zero attached hydrogens (tertiary/aromatic N) is 1. The largest absolute Gasteiger partial charge is 0.399 e. The first-order valence-electron chi connectivity index (χ1n) is 6.44. The first-order valence-corrected chi connectivity index (χ1v) is 6.44. The number of hydrogen-bond acceptors (Lipinski definition) is 4. The van der Waals surface area contributed by atoms with E-state index in [0.29, 0.717) is 12.5 Å². The maximum atomic E-state index is 10.2. The van der Waals surface area contributed by atoms with E-state index >= 15 is 0 Å². The molecule has 1 aromatic rings. The summed E-state index contributed by atoms with van der Waals surface area (Å²) in [4.78, 5) is 2.30. The van der Waals surface area contributed by atoms with Gasteiger partial charge in [0.05, 0.1) is 12.7 Å². The predicted octanol–water partition coefficient (Wildman–Crippen LogP) is 1.27. The summed E-state index contributed by atoms with van der Waals surface area (Å²) >= 11 is 0. The molecule has 1 aromatic carbocycles. The van der Waals surface area contributed by atoms with Crippen LogP contribution in [0.4, 0.5) is 5.69 Å². The molecule has 0 radical (unpaired) electrons. The minimum atomic E-state index is -0.438. The molecule has 2 atom stereocenters. The second kappa shape index (κ2) is 6.18.